The van der Waals surface area contributed by atoms with Gasteiger partial charge in [-0.1, -0.05) is 19.6 Å². The Kier molecular flexibility index (Phi) is 3.09. The molecule has 0 saturated carbocycles. The number of hydrogen-bond acceptors (Lipinski definition) is 3. The fourth-order valence-electron chi connectivity index (χ4n) is 2.66. The first-order chi connectivity index (χ1) is 7.83. The van der Waals surface area contributed by atoms with Crippen molar-refractivity contribution in [2.75, 3.05) is 26.7 Å². The van der Waals surface area contributed by atoms with Crippen LogP contribution in [0.2, 0.25) is 19.6 Å². The van der Waals surface area contributed by atoms with Crippen LogP contribution in [0.3, 0.4) is 0 Å². The van der Waals surface area contributed by atoms with Gasteiger partial charge in [0.05, 0.1) is 12.0 Å². The van der Waals surface area contributed by atoms with Crippen LogP contribution in [0, 0.1) is 22.8 Å². The van der Waals surface area contributed by atoms with Crippen LogP contribution < -0.4 is 0 Å². The quantitative estimate of drug-likeness (QED) is 0.370. The fraction of sp³-hybridized carbons (Fsp3) is 0.769. The second-order valence-corrected chi connectivity index (χ2v) is 11.1. The number of cyclic esters (lactones) is 1. The summed E-state index contributed by atoms with van der Waals surface area (Å²) < 4.78 is 5.18. The molecule has 0 unspecified atom stereocenters. The third kappa shape index (κ3) is 2.41. The molecule has 2 rings (SSSR count). The molecule has 0 aromatic carbocycles. The van der Waals surface area contributed by atoms with E-state index in [2.05, 4.69) is 43.1 Å². The second-order valence-electron chi connectivity index (χ2n) is 6.31. The number of rotatable bonds is 0. The van der Waals surface area contributed by atoms with Gasteiger partial charge in [-0.05, 0) is 7.05 Å². The molecule has 0 amide bonds. The molecule has 2 fully saturated rings. The van der Waals surface area contributed by atoms with Gasteiger partial charge in [-0.2, -0.15) is 0 Å². The van der Waals surface area contributed by atoms with Crippen LogP contribution >= 0.6 is 0 Å². The molecule has 2 atom stereocenters. The van der Waals surface area contributed by atoms with E-state index in [0.717, 1.165) is 19.5 Å². The van der Waals surface area contributed by atoms with Gasteiger partial charge in [0.1, 0.15) is 8.07 Å². The molecule has 0 aliphatic carbocycles. The minimum absolute atomic E-state index is 0.0308. The number of esters is 1. The fourth-order valence-corrected chi connectivity index (χ4v) is 3.27. The van der Waals surface area contributed by atoms with E-state index in [1.54, 1.807) is 0 Å². The Balaban J connectivity index is 2.25. The van der Waals surface area contributed by atoms with Gasteiger partial charge in [-0.25, -0.2) is 0 Å². The molecule has 2 heterocycles. The Hall–Kier alpha value is -0.793. The van der Waals surface area contributed by atoms with Gasteiger partial charge in [0.15, 0.2) is 0 Å². The van der Waals surface area contributed by atoms with Crippen LogP contribution in [0.25, 0.3) is 0 Å². The van der Waals surface area contributed by atoms with Crippen molar-refractivity contribution >= 4 is 14.0 Å². The molecule has 0 radical (unpaired) electrons. The lowest BCUT2D eigenvalue weighted by atomic mass is 9.77. The number of hydrogen-bond donors (Lipinski definition) is 0. The molecule has 4 heteroatoms. The lowest BCUT2D eigenvalue weighted by Gasteiger charge is -2.21. The van der Waals surface area contributed by atoms with E-state index in [-0.39, 0.29) is 17.3 Å². The molecule has 0 aromatic rings. The summed E-state index contributed by atoms with van der Waals surface area (Å²) in [4.78, 5) is 14.2. The molecule has 17 heavy (non-hydrogen) atoms. The molecule has 0 bridgehead atoms. The highest BCUT2D eigenvalue weighted by atomic mass is 28.3. The lowest BCUT2D eigenvalue weighted by molar-refractivity contribution is -0.146. The van der Waals surface area contributed by atoms with E-state index in [9.17, 15) is 4.79 Å². The maximum absolute atomic E-state index is 12.0. The van der Waals surface area contributed by atoms with Crippen molar-refractivity contribution in [3.63, 3.8) is 0 Å². The smallest absolute Gasteiger partial charge is 0.314 e. The summed E-state index contributed by atoms with van der Waals surface area (Å²) in [6, 6.07) is 0. The lowest BCUT2D eigenvalue weighted by Crippen LogP contribution is -2.34. The Morgan fingerprint density at radius 2 is 2.18 bits per heavy atom. The van der Waals surface area contributed by atoms with Crippen LogP contribution in [0.15, 0.2) is 0 Å². The van der Waals surface area contributed by atoms with Crippen molar-refractivity contribution in [3.05, 3.63) is 0 Å². The molecule has 1 spiro atoms. The topological polar surface area (TPSA) is 29.5 Å². The summed E-state index contributed by atoms with van der Waals surface area (Å²) in [5.74, 6) is 3.51. The van der Waals surface area contributed by atoms with Gasteiger partial charge in [0, 0.05) is 25.4 Å². The van der Waals surface area contributed by atoms with Crippen molar-refractivity contribution in [2.45, 2.75) is 26.1 Å². The number of nitrogens with zero attached hydrogens (tertiary/aromatic N) is 1. The summed E-state index contributed by atoms with van der Waals surface area (Å²) in [6.07, 6.45) is 0.835. The molecule has 2 aliphatic rings. The molecule has 3 nitrogen and oxygen atoms in total. The maximum atomic E-state index is 12.0. The molecule has 0 aromatic heterocycles. The first kappa shape index (κ1) is 12.7. The normalized spacial score (nSPS) is 33.6. The predicted molar refractivity (Wildman–Crippen MR) is 70.1 cm³/mol. The zero-order valence-corrected chi connectivity index (χ0v) is 12.2. The van der Waals surface area contributed by atoms with Crippen LogP contribution in [0.4, 0.5) is 0 Å². The molecule has 2 saturated heterocycles. The largest absolute Gasteiger partial charge is 0.465 e. The van der Waals surface area contributed by atoms with E-state index in [1.165, 1.54) is 0 Å². The van der Waals surface area contributed by atoms with Crippen molar-refractivity contribution in [2.24, 2.45) is 11.3 Å². The minimum Gasteiger partial charge on any atom is -0.465 e. The number of likely N-dealkylation sites (tertiary alicyclic amines) is 1. The van der Waals surface area contributed by atoms with Crippen molar-refractivity contribution < 1.29 is 9.53 Å². The van der Waals surface area contributed by atoms with E-state index in [0.29, 0.717) is 6.61 Å². The third-order valence-electron chi connectivity index (χ3n) is 3.52. The average molecular weight is 251 g/mol. The van der Waals surface area contributed by atoms with Gasteiger partial charge >= 0.3 is 5.97 Å². The van der Waals surface area contributed by atoms with E-state index >= 15 is 0 Å². The Bertz CT molecular complexity index is 390. The second kappa shape index (κ2) is 4.15. The number of carbonyl (C=O) groups is 1. The van der Waals surface area contributed by atoms with Gasteiger partial charge in [-0.3, -0.25) is 4.79 Å². The average Bonchev–Trinajstić information content (AvgIpc) is 2.69. The zero-order chi connectivity index (χ0) is 12.7. The Morgan fingerprint density at radius 1 is 1.47 bits per heavy atom. The first-order valence-corrected chi connectivity index (χ1v) is 9.72. The monoisotopic (exact) mass is 251 g/mol. The molecular formula is C13H21NO2Si. The first-order valence-electron chi connectivity index (χ1n) is 6.22. The Labute approximate surface area is 105 Å². The predicted octanol–water partition coefficient (Wildman–Crippen LogP) is 1.36. The van der Waals surface area contributed by atoms with Gasteiger partial charge in [0.25, 0.3) is 0 Å². The number of ether oxygens (including phenoxy) is 1. The number of carbonyl (C=O) groups excluding carboxylic acids is 1. The van der Waals surface area contributed by atoms with Gasteiger partial charge in [-0.15, -0.1) is 11.5 Å². The molecular weight excluding hydrogens is 230 g/mol. The van der Waals surface area contributed by atoms with E-state index in [1.807, 2.05) is 0 Å². The van der Waals surface area contributed by atoms with Crippen molar-refractivity contribution in [1.29, 1.82) is 0 Å². The van der Waals surface area contributed by atoms with Crippen LogP contribution in [-0.2, 0) is 9.53 Å². The molecule has 94 valence electrons. The van der Waals surface area contributed by atoms with Crippen molar-refractivity contribution in [3.8, 4) is 11.5 Å². The molecule has 2 aliphatic heterocycles. The highest BCUT2D eigenvalue weighted by molar-refractivity contribution is 6.83. The van der Waals surface area contributed by atoms with Gasteiger partial charge in [0.2, 0.25) is 0 Å². The maximum Gasteiger partial charge on any atom is 0.314 e. The minimum atomic E-state index is -1.37. The summed E-state index contributed by atoms with van der Waals surface area (Å²) in [6.45, 7) is 8.97. The standard InChI is InChI=1S/C13H21NO2Si/c1-14-9-11(5-8-17(2,3)4)13(10-14)6-7-16-12(13)15/h11H,6-7,9-10H2,1-4H3/t11-,13-/m0/s1. The Morgan fingerprint density at radius 3 is 2.71 bits per heavy atom. The van der Waals surface area contributed by atoms with Crippen LogP contribution in [0.1, 0.15) is 6.42 Å². The van der Waals surface area contributed by atoms with E-state index in [4.69, 9.17) is 4.74 Å². The SMILES string of the molecule is CN1C[C@H](C#C[Si](C)(C)C)[C@]2(CCOC2=O)C1. The summed E-state index contributed by atoms with van der Waals surface area (Å²) in [5, 5.41) is 0. The van der Waals surface area contributed by atoms with Gasteiger partial charge < -0.3 is 9.64 Å². The van der Waals surface area contributed by atoms with E-state index < -0.39 is 8.07 Å². The summed E-state index contributed by atoms with van der Waals surface area (Å²) in [5.41, 5.74) is 3.08. The summed E-state index contributed by atoms with van der Waals surface area (Å²) >= 11 is 0. The zero-order valence-electron chi connectivity index (χ0n) is 11.2. The van der Waals surface area contributed by atoms with Crippen LogP contribution in [-0.4, -0.2) is 45.7 Å². The van der Waals surface area contributed by atoms with Crippen molar-refractivity contribution in [1.82, 2.24) is 4.90 Å². The highest BCUT2D eigenvalue weighted by Crippen LogP contribution is 2.43. The highest BCUT2D eigenvalue weighted by Gasteiger charge is 2.54. The molecule has 0 N–H and O–H groups in total. The third-order valence-corrected chi connectivity index (χ3v) is 4.42. The van der Waals surface area contributed by atoms with Crippen LogP contribution in [0.5, 0.6) is 0 Å². The summed E-state index contributed by atoms with van der Waals surface area (Å²) in [7, 11) is 0.691.